The van der Waals surface area contributed by atoms with Crippen molar-refractivity contribution in [1.29, 1.82) is 0 Å². The number of para-hydroxylation sites is 1. The molecule has 0 radical (unpaired) electrons. The first-order chi connectivity index (χ1) is 19.3. The van der Waals surface area contributed by atoms with Crippen LogP contribution in [-0.4, -0.2) is 79.3 Å². The number of alkyl carbamates (subject to hydrolysis) is 1. The number of carbonyl (C=O) groups excluding carboxylic acids is 3. The lowest BCUT2D eigenvalue weighted by Crippen LogP contribution is -2.50. The zero-order valence-corrected chi connectivity index (χ0v) is 22.9. The van der Waals surface area contributed by atoms with Crippen LogP contribution in [0.5, 0.6) is 5.88 Å². The molecule has 40 heavy (non-hydrogen) atoms. The van der Waals surface area contributed by atoms with Gasteiger partial charge in [0.25, 0.3) is 11.8 Å². The normalized spacial score (nSPS) is 14.8. The molecule has 3 aromatic rings. The molecule has 3 amide bonds. The molecule has 0 bridgehead atoms. The number of hydrogen-bond acceptors (Lipinski definition) is 9. The maximum Gasteiger partial charge on any atom is 0.407 e. The Bertz CT molecular complexity index is 1410. The maximum absolute atomic E-state index is 13.1. The van der Waals surface area contributed by atoms with Crippen LogP contribution in [0.4, 0.5) is 27.8 Å². The molecule has 2 aliphatic heterocycles. The molecule has 1 aromatic heterocycles. The standard InChI is InChI=1S/C26H25Cl2N7O5/c1-29-26(38)39-14-21(36)34-11-9-33(10-12-34)17-7-5-16(6-8-17)31-25-30-13-18-23(32-25)40-15-35(24(18)37)22-19(27)3-2-4-20(22)28/h2-8,13H,9-12,14-15H2,1H3,(H,29,38)(H,30,31,32). The van der Waals surface area contributed by atoms with Crippen LogP contribution in [0.1, 0.15) is 10.4 Å². The third-order valence-corrected chi connectivity index (χ3v) is 7.03. The predicted octanol–water partition coefficient (Wildman–Crippen LogP) is 3.53. The van der Waals surface area contributed by atoms with E-state index in [0.717, 1.165) is 11.4 Å². The fraction of sp³-hybridized carbons (Fsp3) is 0.269. The number of piperazine rings is 1. The molecule has 0 unspecified atom stereocenters. The number of fused-ring (bicyclic) bond motifs is 1. The second kappa shape index (κ2) is 11.8. The Hall–Kier alpha value is -4.29. The van der Waals surface area contributed by atoms with Gasteiger partial charge in [-0.25, -0.2) is 9.78 Å². The SMILES string of the molecule is CNC(=O)OCC(=O)N1CCN(c2ccc(Nc3ncc4c(n3)OCN(c3c(Cl)cccc3Cl)C4=O)cc2)CC1. The molecule has 208 valence electrons. The number of hydrogen-bond donors (Lipinski definition) is 2. The summed E-state index contributed by atoms with van der Waals surface area (Å²) in [7, 11) is 1.44. The molecule has 0 atom stereocenters. The number of anilines is 4. The molecule has 14 heteroatoms. The molecular weight excluding hydrogens is 561 g/mol. The first kappa shape index (κ1) is 27.3. The molecule has 3 heterocycles. The fourth-order valence-electron chi connectivity index (χ4n) is 4.32. The molecular formula is C26H25Cl2N7O5. The lowest BCUT2D eigenvalue weighted by molar-refractivity contribution is -0.134. The van der Waals surface area contributed by atoms with Crippen LogP contribution in [0.3, 0.4) is 0 Å². The van der Waals surface area contributed by atoms with E-state index >= 15 is 0 Å². The Labute approximate surface area is 239 Å². The zero-order chi connectivity index (χ0) is 28.2. The lowest BCUT2D eigenvalue weighted by atomic mass is 10.2. The number of nitrogens with one attached hydrogen (secondary N) is 2. The summed E-state index contributed by atoms with van der Waals surface area (Å²) in [5.41, 5.74) is 2.31. The average molecular weight is 586 g/mol. The van der Waals surface area contributed by atoms with E-state index in [-0.39, 0.29) is 42.5 Å². The van der Waals surface area contributed by atoms with E-state index in [2.05, 4.69) is 25.5 Å². The van der Waals surface area contributed by atoms with Crippen molar-refractivity contribution in [3.63, 3.8) is 0 Å². The number of rotatable bonds is 6. The van der Waals surface area contributed by atoms with Crippen molar-refractivity contribution in [3.05, 3.63) is 64.3 Å². The van der Waals surface area contributed by atoms with Gasteiger partial charge in [-0.3, -0.25) is 14.5 Å². The Morgan fingerprint density at radius 3 is 2.42 bits per heavy atom. The van der Waals surface area contributed by atoms with E-state index in [1.165, 1.54) is 18.1 Å². The van der Waals surface area contributed by atoms with Gasteiger partial charge in [0, 0.05) is 50.8 Å². The number of benzene rings is 2. The van der Waals surface area contributed by atoms with E-state index in [9.17, 15) is 14.4 Å². The Balaban J connectivity index is 1.18. The monoisotopic (exact) mass is 585 g/mol. The first-order valence-electron chi connectivity index (χ1n) is 12.3. The van der Waals surface area contributed by atoms with Gasteiger partial charge in [-0.15, -0.1) is 0 Å². The zero-order valence-electron chi connectivity index (χ0n) is 21.4. The Morgan fingerprint density at radius 2 is 1.75 bits per heavy atom. The predicted molar refractivity (Wildman–Crippen MR) is 150 cm³/mol. The van der Waals surface area contributed by atoms with Crippen LogP contribution in [0.2, 0.25) is 10.0 Å². The molecule has 2 aliphatic rings. The van der Waals surface area contributed by atoms with Gasteiger partial charge in [-0.2, -0.15) is 4.98 Å². The van der Waals surface area contributed by atoms with Gasteiger partial charge in [-0.05, 0) is 36.4 Å². The van der Waals surface area contributed by atoms with E-state index < -0.39 is 6.09 Å². The minimum Gasteiger partial charge on any atom is -0.455 e. The highest BCUT2D eigenvalue weighted by Gasteiger charge is 2.31. The van der Waals surface area contributed by atoms with Crippen molar-refractivity contribution in [3.8, 4) is 5.88 Å². The van der Waals surface area contributed by atoms with Crippen molar-refractivity contribution in [2.24, 2.45) is 0 Å². The van der Waals surface area contributed by atoms with Crippen molar-refractivity contribution in [2.45, 2.75) is 0 Å². The maximum atomic E-state index is 13.1. The van der Waals surface area contributed by atoms with Crippen molar-refractivity contribution < 1.29 is 23.9 Å². The summed E-state index contributed by atoms with van der Waals surface area (Å²) in [6, 6.07) is 12.7. The minimum atomic E-state index is -0.632. The molecule has 0 spiro atoms. The van der Waals surface area contributed by atoms with E-state index in [0.29, 0.717) is 41.9 Å². The number of halogens is 2. The van der Waals surface area contributed by atoms with Gasteiger partial charge in [-0.1, -0.05) is 29.3 Å². The number of carbonyl (C=O) groups is 3. The molecule has 0 aliphatic carbocycles. The van der Waals surface area contributed by atoms with Gasteiger partial charge in [0.15, 0.2) is 13.3 Å². The third-order valence-electron chi connectivity index (χ3n) is 6.42. The average Bonchev–Trinajstić information content (AvgIpc) is 2.97. The van der Waals surface area contributed by atoms with E-state index in [4.69, 9.17) is 32.7 Å². The second-order valence-corrected chi connectivity index (χ2v) is 9.67. The third kappa shape index (κ3) is 5.82. The van der Waals surface area contributed by atoms with Crippen molar-refractivity contribution in [2.75, 3.05) is 61.7 Å². The minimum absolute atomic E-state index is 0.0968. The summed E-state index contributed by atoms with van der Waals surface area (Å²) in [6.45, 7) is 1.97. The summed E-state index contributed by atoms with van der Waals surface area (Å²) in [6.07, 6.45) is 0.770. The lowest BCUT2D eigenvalue weighted by Gasteiger charge is -2.36. The highest BCUT2D eigenvalue weighted by atomic mass is 35.5. The van der Waals surface area contributed by atoms with Crippen LogP contribution in [0.15, 0.2) is 48.7 Å². The summed E-state index contributed by atoms with van der Waals surface area (Å²) >= 11 is 12.5. The summed E-state index contributed by atoms with van der Waals surface area (Å²) in [5, 5.41) is 6.10. The highest BCUT2D eigenvalue weighted by Crippen LogP contribution is 2.37. The van der Waals surface area contributed by atoms with Crippen molar-refractivity contribution >= 4 is 64.1 Å². The van der Waals surface area contributed by atoms with Gasteiger partial charge >= 0.3 is 6.09 Å². The number of aromatic nitrogens is 2. The molecule has 0 saturated carbocycles. The smallest absolute Gasteiger partial charge is 0.407 e. The van der Waals surface area contributed by atoms with Gasteiger partial charge < -0.3 is 29.9 Å². The quantitative estimate of drug-likeness (QED) is 0.446. The van der Waals surface area contributed by atoms with Crippen LogP contribution in [-0.2, 0) is 9.53 Å². The summed E-state index contributed by atoms with van der Waals surface area (Å²) < 4.78 is 10.6. The summed E-state index contributed by atoms with van der Waals surface area (Å²) in [4.78, 5) is 50.3. The second-order valence-electron chi connectivity index (χ2n) is 8.86. The Morgan fingerprint density at radius 1 is 1.05 bits per heavy atom. The number of amides is 3. The van der Waals surface area contributed by atoms with Crippen LogP contribution in [0, 0.1) is 0 Å². The van der Waals surface area contributed by atoms with E-state index in [1.54, 1.807) is 23.1 Å². The fourth-order valence-corrected chi connectivity index (χ4v) is 4.92. The number of ether oxygens (including phenoxy) is 2. The van der Waals surface area contributed by atoms with Crippen LogP contribution < -0.4 is 25.2 Å². The van der Waals surface area contributed by atoms with Crippen LogP contribution >= 0.6 is 23.2 Å². The molecule has 2 N–H and O–H groups in total. The highest BCUT2D eigenvalue weighted by molar-refractivity contribution is 6.40. The molecule has 1 fully saturated rings. The number of nitrogens with zero attached hydrogens (tertiary/aromatic N) is 5. The largest absolute Gasteiger partial charge is 0.455 e. The van der Waals surface area contributed by atoms with Crippen molar-refractivity contribution in [1.82, 2.24) is 20.2 Å². The van der Waals surface area contributed by atoms with Crippen LogP contribution in [0.25, 0.3) is 0 Å². The summed E-state index contributed by atoms with van der Waals surface area (Å²) in [5.74, 6) is -0.159. The van der Waals surface area contributed by atoms with Gasteiger partial charge in [0.05, 0.1) is 15.7 Å². The topological polar surface area (TPSA) is 129 Å². The molecule has 12 nitrogen and oxygen atoms in total. The van der Waals surface area contributed by atoms with Gasteiger partial charge in [0.2, 0.25) is 11.8 Å². The Kier molecular flexibility index (Phi) is 8.08. The first-order valence-corrected chi connectivity index (χ1v) is 13.1. The molecule has 2 aromatic carbocycles. The van der Waals surface area contributed by atoms with Gasteiger partial charge in [0.1, 0.15) is 5.56 Å². The molecule has 5 rings (SSSR count). The van der Waals surface area contributed by atoms with E-state index in [1.807, 2.05) is 24.3 Å². The molecule has 1 saturated heterocycles.